The van der Waals surface area contributed by atoms with E-state index in [9.17, 15) is 8.42 Å². The van der Waals surface area contributed by atoms with Gasteiger partial charge in [-0.3, -0.25) is 0 Å². The maximum Gasteiger partial charge on any atom is 0.269 e. The number of benzene rings is 1. The van der Waals surface area contributed by atoms with Crippen LogP contribution in [0.4, 0.5) is 0 Å². The van der Waals surface area contributed by atoms with Crippen LogP contribution in [0.25, 0.3) is 22.3 Å². The summed E-state index contributed by atoms with van der Waals surface area (Å²) in [7, 11) is -3.77. The van der Waals surface area contributed by atoms with E-state index in [1.807, 2.05) is 27.0 Å². The molecule has 0 fully saturated rings. The van der Waals surface area contributed by atoms with Gasteiger partial charge in [-0.15, -0.1) is 0 Å². The molecule has 0 radical (unpaired) electrons. The lowest BCUT2D eigenvalue weighted by Gasteiger charge is -2.11. The Morgan fingerprint density at radius 3 is 2.62 bits per heavy atom. The van der Waals surface area contributed by atoms with Gasteiger partial charge < -0.3 is 4.74 Å². The zero-order chi connectivity index (χ0) is 20.6. The predicted octanol–water partition coefficient (Wildman–Crippen LogP) is 3.40. The summed E-state index contributed by atoms with van der Waals surface area (Å²) in [6, 6.07) is 8.44. The van der Waals surface area contributed by atoms with Gasteiger partial charge in [0.15, 0.2) is 5.65 Å². The molecular formula is C20H21N5O3S. The van der Waals surface area contributed by atoms with E-state index in [0.29, 0.717) is 23.3 Å². The standard InChI is InChI=1S/C20H21N5O3S/c1-4-28-15(3)24-12-16(11-23-24)19-18-9-10-25(20(18)22-13-21-19)29(26,27)17-7-5-14(2)6-8-17/h5-13,15H,4H2,1-3H3. The van der Waals surface area contributed by atoms with E-state index < -0.39 is 10.0 Å². The van der Waals surface area contributed by atoms with Gasteiger partial charge in [0, 0.05) is 30.0 Å². The Bertz CT molecular complexity index is 1260. The molecule has 0 saturated heterocycles. The average Bonchev–Trinajstić information content (AvgIpc) is 3.36. The van der Waals surface area contributed by atoms with E-state index in [1.54, 1.807) is 41.2 Å². The third-order valence-corrected chi connectivity index (χ3v) is 6.36. The largest absolute Gasteiger partial charge is 0.357 e. The maximum absolute atomic E-state index is 13.1. The minimum absolute atomic E-state index is 0.208. The minimum atomic E-state index is -3.77. The highest BCUT2D eigenvalue weighted by molar-refractivity contribution is 7.90. The predicted molar refractivity (Wildman–Crippen MR) is 109 cm³/mol. The Hall–Kier alpha value is -3.04. The topological polar surface area (TPSA) is 91.9 Å². The number of hydrogen-bond acceptors (Lipinski definition) is 6. The van der Waals surface area contributed by atoms with Crippen molar-refractivity contribution in [2.24, 2.45) is 0 Å². The van der Waals surface area contributed by atoms with Crippen molar-refractivity contribution in [3.8, 4) is 11.3 Å². The summed E-state index contributed by atoms with van der Waals surface area (Å²) in [5.41, 5.74) is 2.68. The summed E-state index contributed by atoms with van der Waals surface area (Å²) in [5, 5.41) is 4.97. The van der Waals surface area contributed by atoms with Crippen molar-refractivity contribution in [3.63, 3.8) is 0 Å². The van der Waals surface area contributed by atoms with E-state index in [4.69, 9.17) is 4.74 Å². The molecule has 1 aromatic carbocycles. The van der Waals surface area contributed by atoms with Gasteiger partial charge in [0.2, 0.25) is 0 Å². The Kier molecular flexibility index (Phi) is 4.93. The number of aromatic nitrogens is 5. The lowest BCUT2D eigenvalue weighted by molar-refractivity contribution is 0.0160. The second-order valence-electron chi connectivity index (χ2n) is 6.65. The molecule has 0 aliphatic rings. The Morgan fingerprint density at radius 1 is 1.14 bits per heavy atom. The molecule has 0 amide bonds. The van der Waals surface area contributed by atoms with Crippen molar-refractivity contribution in [2.45, 2.75) is 31.9 Å². The number of hydrogen-bond donors (Lipinski definition) is 0. The second kappa shape index (κ2) is 7.41. The van der Waals surface area contributed by atoms with Gasteiger partial charge in [-0.1, -0.05) is 17.7 Å². The first-order valence-corrected chi connectivity index (χ1v) is 10.7. The van der Waals surface area contributed by atoms with Crippen LogP contribution in [0.3, 0.4) is 0 Å². The zero-order valence-electron chi connectivity index (χ0n) is 16.3. The van der Waals surface area contributed by atoms with E-state index in [-0.39, 0.29) is 11.1 Å². The van der Waals surface area contributed by atoms with Crippen LogP contribution in [0, 0.1) is 6.92 Å². The second-order valence-corrected chi connectivity index (χ2v) is 8.47. The van der Waals surface area contributed by atoms with Gasteiger partial charge in [0.1, 0.15) is 12.6 Å². The molecular weight excluding hydrogens is 390 g/mol. The van der Waals surface area contributed by atoms with E-state index in [2.05, 4.69) is 15.1 Å². The molecule has 29 heavy (non-hydrogen) atoms. The maximum atomic E-state index is 13.1. The molecule has 4 rings (SSSR count). The van der Waals surface area contributed by atoms with Crippen LogP contribution in [0.15, 0.2) is 60.1 Å². The fourth-order valence-electron chi connectivity index (χ4n) is 3.15. The summed E-state index contributed by atoms with van der Waals surface area (Å²) >= 11 is 0. The summed E-state index contributed by atoms with van der Waals surface area (Å²) in [5.74, 6) is 0. The lowest BCUT2D eigenvalue weighted by Crippen LogP contribution is -2.12. The number of ether oxygens (including phenoxy) is 1. The molecule has 0 saturated carbocycles. The molecule has 0 aliphatic heterocycles. The molecule has 150 valence electrons. The van der Waals surface area contributed by atoms with Crippen molar-refractivity contribution >= 4 is 21.1 Å². The van der Waals surface area contributed by atoms with E-state index >= 15 is 0 Å². The SMILES string of the molecule is CCOC(C)n1cc(-c2ncnc3c2ccn3S(=O)(=O)c2ccc(C)cc2)cn1. The normalized spacial score (nSPS) is 13.1. The van der Waals surface area contributed by atoms with Crippen LogP contribution >= 0.6 is 0 Å². The average molecular weight is 411 g/mol. The van der Waals surface area contributed by atoms with E-state index in [1.165, 1.54) is 16.5 Å². The molecule has 1 unspecified atom stereocenters. The summed E-state index contributed by atoms with van der Waals surface area (Å²) in [6.45, 7) is 6.31. The molecule has 0 bridgehead atoms. The highest BCUT2D eigenvalue weighted by atomic mass is 32.2. The first-order valence-electron chi connectivity index (χ1n) is 9.22. The molecule has 1 atom stereocenters. The monoisotopic (exact) mass is 411 g/mol. The fraction of sp³-hybridized carbons (Fsp3) is 0.250. The third kappa shape index (κ3) is 3.43. The van der Waals surface area contributed by atoms with Gasteiger partial charge in [0.05, 0.1) is 16.8 Å². The third-order valence-electron chi connectivity index (χ3n) is 4.68. The highest BCUT2D eigenvalue weighted by Gasteiger charge is 2.21. The van der Waals surface area contributed by atoms with Crippen LogP contribution in [-0.2, 0) is 14.8 Å². The number of aryl methyl sites for hydroxylation is 1. The van der Waals surface area contributed by atoms with Gasteiger partial charge in [-0.2, -0.15) is 5.10 Å². The molecule has 4 aromatic rings. The summed E-state index contributed by atoms with van der Waals surface area (Å²) in [4.78, 5) is 8.80. The van der Waals surface area contributed by atoms with Gasteiger partial charge in [0.25, 0.3) is 10.0 Å². The van der Waals surface area contributed by atoms with Crippen LogP contribution in [0.2, 0.25) is 0 Å². The van der Waals surface area contributed by atoms with Crippen molar-refractivity contribution in [3.05, 3.63) is 60.8 Å². The number of nitrogens with zero attached hydrogens (tertiary/aromatic N) is 5. The van der Waals surface area contributed by atoms with Gasteiger partial charge >= 0.3 is 0 Å². The molecule has 3 heterocycles. The van der Waals surface area contributed by atoms with Gasteiger partial charge in [-0.25, -0.2) is 27.0 Å². The first-order chi connectivity index (χ1) is 13.9. The van der Waals surface area contributed by atoms with Gasteiger partial charge in [-0.05, 0) is 39.0 Å². The molecule has 0 N–H and O–H groups in total. The smallest absolute Gasteiger partial charge is 0.269 e. The Morgan fingerprint density at radius 2 is 1.90 bits per heavy atom. The fourth-order valence-corrected chi connectivity index (χ4v) is 4.45. The van der Waals surface area contributed by atoms with E-state index in [0.717, 1.165) is 11.1 Å². The zero-order valence-corrected chi connectivity index (χ0v) is 17.2. The summed E-state index contributed by atoms with van der Waals surface area (Å²) < 4.78 is 34.6. The molecule has 8 nitrogen and oxygen atoms in total. The molecule has 9 heteroatoms. The van der Waals surface area contributed by atoms with Crippen molar-refractivity contribution in [2.75, 3.05) is 6.61 Å². The highest BCUT2D eigenvalue weighted by Crippen LogP contribution is 2.28. The Labute approximate surface area is 168 Å². The van der Waals surface area contributed by atoms with Crippen LogP contribution < -0.4 is 0 Å². The van der Waals surface area contributed by atoms with Crippen molar-refractivity contribution < 1.29 is 13.2 Å². The van der Waals surface area contributed by atoms with Crippen LogP contribution in [0.5, 0.6) is 0 Å². The first kappa shape index (κ1) is 19.3. The lowest BCUT2D eigenvalue weighted by atomic mass is 10.2. The van der Waals surface area contributed by atoms with Crippen LogP contribution in [0.1, 0.15) is 25.6 Å². The van der Waals surface area contributed by atoms with Crippen LogP contribution in [-0.4, -0.2) is 38.7 Å². The molecule has 0 aliphatic carbocycles. The molecule has 3 aromatic heterocycles. The quantitative estimate of drug-likeness (QED) is 0.483. The van der Waals surface area contributed by atoms with Crippen molar-refractivity contribution in [1.82, 2.24) is 23.7 Å². The Balaban J connectivity index is 1.79. The molecule has 0 spiro atoms. The number of rotatable bonds is 6. The number of fused-ring (bicyclic) bond motifs is 1. The minimum Gasteiger partial charge on any atom is -0.357 e. The summed E-state index contributed by atoms with van der Waals surface area (Å²) in [6.07, 6.45) is 6.17. The van der Waals surface area contributed by atoms with Crippen molar-refractivity contribution in [1.29, 1.82) is 0 Å².